The van der Waals surface area contributed by atoms with Gasteiger partial charge in [-0.2, -0.15) is 0 Å². The van der Waals surface area contributed by atoms with Crippen LogP contribution in [0.15, 0.2) is 30.3 Å². The molecule has 0 bridgehead atoms. The first-order valence-corrected chi connectivity index (χ1v) is 8.17. The summed E-state index contributed by atoms with van der Waals surface area (Å²) in [7, 11) is -0.884. The Bertz CT molecular complexity index is 290. The van der Waals surface area contributed by atoms with Gasteiger partial charge in [0, 0.05) is 5.30 Å². The summed E-state index contributed by atoms with van der Waals surface area (Å²) < 4.78 is 11.8. The van der Waals surface area contributed by atoms with Crippen molar-refractivity contribution in [3.63, 3.8) is 0 Å². The van der Waals surface area contributed by atoms with Crippen molar-refractivity contribution >= 4 is 13.7 Å². The molecule has 0 heterocycles. The fraction of sp³-hybridized carbons (Fsp3) is 0.600. The first kappa shape index (κ1) is 15.6. The molecule has 0 aliphatic heterocycles. The van der Waals surface area contributed by atoms with Gasteiger partial charge in [0.15, 0.2) is 0 Å². The number of unbranched alkanes of at least 4 members (excludes halogenated alkanes) is 3. The Kier molecular flexibility index (Phi) is 9.11. The van der Waals surface area contributed by atoms with Gasteiger partial charge in [0.1, 0.15) is 0 Å². The highest BCUT2D eigenvalue weighted by Gasteiger charge is 2.12. The molecule has 18 heavy (non-hydrogen) atoms. The zero-order valence-electron chi connectivity index (χ0n) is 11.6. The van der Waals surface area contributed by atoms with E-state index in [1.807, 2.05) is 18.2 Å². The second-order valence-electron chi connectivity index (χ2n) is 4.32. The highest BCUT2D eigenvalue weighted by molar-refractivity contribution is 7.56. The zero-order chi connectivity index (χ0) is 13.1. The van der Waals surface area contributed by atoms with E-state index >= 15 is 0 Å². The van der Waals surface area contributed by atoms with Gasteiger partial charge in [-0.05, 0) is 25.0 Å². The van der Waals surface area contributed by atoms with Gasteiger partial charge in [0.2, 0.25) is 8.38 Å². The minimum atomic E-state index is -0.884. The molecule has 0 saturated heterocycles. The topological polar surface area (TPSA) is 18.5 Å². The van der Waals surface area contributed by atoms with Crippen LogP contribution in [0.3, 0.4) is 0 Å². The minimum Gasteiger partial charge on any atom is -0.331 e. The molecule has 1 aromatic carbocycles. The monoisotopic (exact) mass is 268 g/mol. The molecule has 0 saturated carbocycles. The van der Waals surface area contributed by atoms with E-state index in [0.717, 1.165) is 32.5 Å². The maximum Gasteiger partial charge on any atom is 0.205 e. The molecule has 1 rings (SSSR count). The highest BCUT2D eigenvalue weighted by Crippen LogP contribution is 2.37. The van der Waals surface area contributed by atoms with Crippen molar-refractivity contribution in [1.29, 1.82) is 0 Å². The Balaban J connectivity index is 2.42. The molecule has 0 aromatic heterocycles. The summed E-state index contributed by atoms with van der Waals surface area (Å²) in [5.41, 5.74) is 0. The van der Waals surface area contributed by atoms with Crippen LogP contribution in [0.5, 0.6) is 0 Å². The highest BCUT2D eigenvalue weighted by atomic mass is 31.2. The molecule has 2 nitrogen and oxygen atoms in total. The lowest BCUT2D eigenvalue weighted by atomic mass is 10.3. The predicted octanol–water partition coefficient (Wildman–Crippen LogP) is 4.65. The van der Waals surface area contributed by atoms with Crippen LogP contribution in [0.1, 0.15) is 46.0 Å². The van der Waals surface area contributed by atoms with E-state index in [4.69, 9.17) is 9.05 Å². The van der Waals surface area contributed by atoms with Gasteiger partial charge >= 0.3 is 0 Å². The molecule has 0 fully saturated rings. The first-order valence-electron chi connectivity index (χ1n) is 6.99. The summed E-state index contributed by atoms with van der Waals surface area (Å²) in [4.78, 5) is 0. The number of hydrogen-bond donors (Lipinski definition) is 0. The van der Waals surface area contributed by atoms with E-state index in [9.17, 15) is 0 Å². The largest absolute Gasteiger partial charge is 0.331 e. The molecule has 1 unspecified atom stereocenters. The maximum absolute atomic E-state index is 5.92. The summed E-state index contributed by atoms with van der Waals surface area (Å²) in [6.45, 7) is 5.99. The lowest BCUT2D eigenvalue weighted by molar-refractivity contribution is 0.249. The summed E-state index contributed by atoms with van der Waals surface area (Å²) in [6, 6.07) is 10.3. The molecule has 1 aromatic rings. The summed E-state index contributed by atoms with van der Waals surface area (Å²) in [5.74, 6) is 0. The maximum atomic E-state index is 5.92. The molecular weight excluding hydrogens is 243 g/mol. The molecule has 0 N–H and O–H groups in total. The van der Waals surface area contributed by atoms with E-state index in [1.165, 1.54) is 18.1 Å². The lowest BCUT2D eigenvalue weighted by Gasteiger charge is -2.17. The van der Waals surface area contributed by atoms with Crippen LogP contribution in [-0.2, 0) is 9.05 Å². The fourth-order valence-corrected chi connectivity index (χ4v) is 2.91. The molecule has 0 spiro atoms. The third-order valence-corrected chi connectivity index (χ3v) is 4.18. The molecule has 0 aliphatic rings. The third-order valence-electron chi connectivity index (χ3n) is 2.63. The molecular formula is C15H25O2P. The molecule has 0 amide bonds. The second-order valence-corrected chi connectivity index (χ2v) is 5.87. The Labute approximate surface area is 113 Å². The zero-order valence-corrected chi connectivity index (χ0v) is 12.5. The quantitative estimate of drug-likeness (QED) is 0.454. The third kappa shape index (κ3) is 6.49. The predicted molar refractivity (Wildman–Crippen MR) is 79.3 cm³/mol. The summed E-state index contributed by atoms with van der Waals surface area (Å²) in [6.07, 6.45) is 5.84. The number of hydrogen-bond acceptors (Lipinski definition) is 2. The van der Waals surface area contributed by atoms with Crippen molar-refractivity contribution in [2.75, 3.05) is 13.2 Å². The standard InChI is InChI=1S/C15H25O2P/c1-3-5-10-14-17-18(16-13-6-4-2)15-11-8-7-9-12-15/h7-9,11-12H,3-6,10,13-14H2,1-2H3. The van der Waals surface area contributed by atoms with Crippen LogP contribution < -0.4 is 5.30 Å². The summed E-state index contributed by atoms with van der Waals surface area (Å²) >= 11 is 0. The number of rotatable bonds is 10. The fourth-order valence-electron chi connectivity index (χ4n) is 1.53. The SMILES string of the molecule is CCCCCOP(OCCCC)c1ccccc1. The normalized spacial score (nSPS) is 12.6. The van der Waals surface area contributed by atoms with Gasteiger partial charge < -0.3 is 9.05 Å². The van der Waals surface area contributed by atoms with Crippen LogP contribution in [0, 0.1) is 0 Å². The average molecular weight is 268 g/mol. The van der Waals surface area contributed by atoms with Gasteiger partial charge in [-0.15, -0.1) is 0 Å². The second kappa shape index (κ2) is 10.5. The number of benzene rings is 1. The summed E-state index contributed by atoms with van der Waals surface area (Å²) in [5, 5.41) is 1.18. The Morgan fingerprint density at radius 2 is 1.44 bits per heavy atom. The van der Waals surface area contributed by atoms with Crippen molar-refractivity contribution < 1.29 is 9.05 Å². The van der Waals surface area contributed by atoms with Crippen molar-refractivity contribution in [2.24, 2.45) is 0 Å². The molecule has 0 aliphatic carbocycles. The van der Waals surface area contributed by atoms with Crippen LogP contribution in [-0.4, -0.2) is 13.2 Å². The van der Waals surface area contributed by atoms with E-state index in [2.05, 4.69) is 26.0 Å². The van der Waals surface area contributed by atoms with Crippen LogP contribution in [0.4, 0.5) is 0 Å². The molecule has 0 radical (unpaired) electrons. The van der Waals surface area contributed by atoms with Gasteiger partial charge in [0.25, 0.3) is 0 Å². The van der Waals surface area contributed by atoms with Crippen LogP contribution >= 0.6 is 8.38 Å². The molecule has 1 atom stereocenters. The smallest absolute Gasteiger partial charge is 0.205 e. The molecule has 102 valence electrons. The van der Waals surface area contributed by atoms with Crippen molar-refractivity contribution in [3.05, 3.63) is 30.3 Å². The molecule has 3 heteroatoms. The van der Waals surface area contributed by atoms with Crippen LogP contribution in [0.2, 0.25) is 0 Å². The Hall–Kier alpha value is -0.430. The first-order chi connectivity index (χ1) is 8.88. The van der Waals surface area contributed by atoms with Gasteiger partial charge in [-0.25, -0.2) is 0 Å². The van der Waals surface area contributed by atoms with Gasteiger partial charge in [-0.3, -0.25) is 0 Å². The lowest BCUT2D eigenvalue weighted by Crippen LogP contribution is -2.07. The van der Waals surface area contributed by atoms with E-state index in [-0.39, 0.29) is 0 Å². The average Bonchev–Trinajstić information content (AvgIpc) is 2.42. The van der Waals surface area contributed by atoms with Crippen molar-refractivity contribution in [1.82, 2.24) is 0 Å². The Morgan fingerprint density at radius 1 is 0.833 bits per heavy atom. The van der Waals surface area contributed by atoms with Crippen LogP contribution in [0.25, 0.3) is 0 Å². The van der Waals surface area contributed by atoms with Crippen molar-refractivity contribution in [3.8, 4) is 0 Å². The van der Waals surface area contributed by atoms with Crippen molar-refractivity contribution in [2.45, 2.75) is 46.0 Å². The minimum absolute atomic E-state index is 0.797. The van der Waals surface area contributed by atoms with Gasteiger partial charge in [0.05, 0.1) is 13.2 Å². The van der Waals surface area contributed by atoms with E-state index in [0.29, 0.717) is 0 Å². The van der Waals surface area contributed by atoms with Gasteiger partial charge in [-0.1, -0.05) is 51.3 Å². The Morgan fingerprint density at radius 3 is 2.06 bits per heavy atom. The van der Waals surface area contributed by atoms with E-state index in [1.54, 1.807) is 0 Å². The van der Waals surface area contributed by atoms with E-state index < -0.39 is 8.38 Å².